The number of rotatable bonds is 8. The minimum Gasteiger partial charge on any atom is -0.449 e. The quantitative estimate of drug-likeness (QED) is 0.274. The third-order valence-electron chi connectivity index (χ3n) is 6.38. The maximum atomic E-state index is 13.2. The molecule has 1 fully saturated rings. The number of carbonyl (C=O) groups excluding carboxylic acids is 1. The molecule has 4 nitrogen and oxygen atoms in total. The number of hydrogen-bond donors (Lipinski definition) is 0. The summed E-state index contributed by atoms with van der Waals surface area (Å²) in [5.41, 5.74) is -2.57. The molecule has 0 bridgehead atoms. The van der Waals surface area contributed by atoms with Gasteiger partial charge in [-0.3, -0.25) is 0 Å². The van der Waals surface area contributed by atoms with Gasteiger partial charge in [0.05, 0.1) is 30.9 Å². The SMILES string of the molecule is CCCCOC(=O)N1CCC(COCc2cc(C(F)(F)F)cc(C(F)(F)F)c2)(c2ccccc2)CC1. The van der Waals surface area contributed by atoms with Gasteiger partial charge in [-0.1, -0.05) is 43.7 Å². The van der Waals surface area contributed by atoms with Gasteiger partial charge in [0.15, 0.2) is 0 Å². The lowest BCUT2D eigenvalue weighted by atomic mass is 9.73. The fourth-order valence-electron chi connectivity index (χ4n) is 4.29. The average molecular weight is 518 g/mol. The van der Waals surface area contributed by atoms with E-state index in [1.807, 2.05) is 37.3 Å². The molecule has 0 N–H and O–H groups in total. The Labute approximate surface area is 206 Å². The van der Waals surface area contributed by atoms with Crippen molar-refractivity contribution in [2.45, 2.75) is 57.0 Å². The van der Waals surface area contributed by atoms with Crippen molar-refractivity contribution in [3.63, 3.8) is 0 Å². The van der Waals surface area contributed by atoms with Gasteiger partial charge in [0.2, 0.25) is 0 Å². The van der Waals surface area contributed by atoms with Crippen LogP contribution in [0.15, 0.2) is 48.5 Å². The highest BCUT2D eigenvalue weighted by molar-refractivity contribution is 5.67. The summed E-state index contributed by atoms with van der Waals surface area (Å²) in [6.45, 7) is 2.79. The molecule has 1 saturated heterocycles. The third kappa shape index (κ3) is 7.15. The van der Waals surface area contributed by atoms with Crippen molar-refractivity contribution in [3.8, 4) is 0 Å². The van der Waals surface area contributed by atoms with Crippen molar-refractivity contribution < 1.29 is 40.6 Å². The summed E-state index contributed by atoms with van der Waals surface area (Å²) in [5.74, 6) is 0. The Morgan fingerprint density at radius 3 is 2.06 bits per heavy atom. The number of alkyl halides is 6. The zero-order valence-corrected chi connectivity index (χ0v) is 19.9. The number of carbonyl (C=O) groups is 1. The first-order valence-electron chi connectivity index (χ1n) is 11.8. The van der Waals surface area contributed by atoms with Crippen LogP contribution >= 0.6 is 0 Å². The first kappa shape index (κ1) is 27.8. The summed E-state index contributed by atoms with van der Waals surface area (Å²) in [7, 11) is 0. The van der Waals surface area contributed by atoms with Crippen LogP contribution in [-0.2, 0) is 33.8 Å². The molecule has 0 aliphatic carbocycles. The molecule has 2 aromatic carbocycles. The van der Waals surface area contributed by atoms with Crippen molar-refractivity contribution >= 4 is 6.09 Å². The number of benzene rings is 2. The van der Waals surface area contributed by atoms with E-state index in [1.54, 1.807) is 4.90 Å². The van der Waals surface area contributed by atoms with E-state index in [9.17, 15) is 31.1 Å². The van der Waals surface area contributed by atoms with Crippen LogP contribution in [0.3, 0.4) is 0 Å². The van der Waals surface area contributed by atoms with Gasteiger partial charge < -0.3 is 14.4 Å². The van der Waals surface area contributed by atoms with Gasteiger partial charge in [-0.25, -0.2) is 4.79 Å². The molecule has 10 heteroatoms. The van der Waals surface area contributed by atoms with Crippen LogP contribution in [0.25, 0.3) is 0 Å². The summed E-state index contributed by atoms with van der Waals surface area (Å²) in [5, 5.41) is 0. The topological polar surface area (TPSA) is 38.8 Å². The number of nitrogens with zero attached hydrogens (tertiary/aromatic N) is 1. The Morgan fingerprint density at radius 2 is 1.53 bits per heavy atom. The number of halogens is 6. The molecule has 1 aliphatic heterocycles. The molecule has 1 heterocycles. The molecule has 2 aromatic rings. The molecule has 1 aliphatic rings. The van der Waals surface area contributed by atoms with E-state index in [2.05, 4.69) is 0 Å². The molecule has 1 amide bonds. The second-order valence-corrected chi connectivity index (χ2v) is 9.01. The Bertz CT molecular complexity index is 967. The van der Waals surface area contributed by atoms with Gasteiger partial charge in [0.25, 0.3) is 0 Å². The van der Waals surface area contributed by atoms with Gasteiger partial charge in [-0.15, -0.1) is 0 Å². The van der Waals surface area contributed by atoms with Crippen LogP contribution in [0.1, 0.15) is 54.9 Å². The van der Waals surface area contributed by atoms with Crippen molar-refractivity contribution in [1.82, 2.24) is 4.90 Å². The minimum atomic E-state index is -4.92. The van der Waals surface area contributed by atoms with Crippen LogP contribution in [-0.4, -0.2) is 37.3 Å². The van der Waals surface area contributed by atoms with Crippen molar-refractivity contribution in [2.24, 2.45) is 0 Å². The molecule has 198 valence electrons. The number of piperidine rings is 1. The van der Waals surface area contributed by atoms with E-state index < -0.39 is 41.6 Å². The molecule has 3 rings (SSSR count). The third-order valence-corrected chi connectivity index (χ3v) is 6.38. The smallest absolute Gasteiger partial charge is 0.416 e. The average Bonchev–Trinajstić information content (AvgIpc) is 2.84. The second kappa shape index (κ2) is 11.5. The van der Waals surface area contributed by atoms with Crippen LogP contribution in [0.2, 0.25) is 0 Å². The number of unbranched alkanes of at least 4 members (excludes halogenated alkanes) is 1. The molecular formula is C26H29F6NO3. The van der Waals surface area contributed by atoms with E-state index in [0.29, 0.717) is 44.7 Å². The molecule has 0 unspecified atom stereocenters. The van der Waals surface area contributed by atoms with Gasteiger partial charge >= 0.3 is 18.4 Å². The summed E-state index contributed by atoms with van der Waals surface area (Å²) in [6.07, 6.45) is -7.54. The normalized spacial score (nSPS) is 16.1. The number of likely N-dealkylation sites (tertiary alicyclic amines) is 1. The fourth-order valence-corrected chi connectivity index (χ4v) is 4.29. The standard InChI is InChI=1S/C26H29F6NO3/c1-2-3-13-36-23(34)33-11-9-24(10-12-33,20-7-5-4-6-8-20)18-35-17-19-14-21(25(27,28)29)16-22(15-19)26(30,31)32/h4-8,14-16H,2-3,9-13,17-18H2,1H3. The van der Waals surface area contributed by atoms with Gasteiger partial charge in [0, 0.05) is 18.5 Å². The predicted molar refractivity (Wildman–Crippen MR) is 121 cm³/mol. The molecule has 0 saturated carbocycles. The van der Waals surface area contributed by atoms with E-state index in [-0.39, 0.29) is 18.2 Å². The molecular weight excluding hydrogens is 488 g/mol. The van der Waals surface area contributed by atoms with Gasteiger partial charge in [-0.2, -0.15) is 26.3 Å². The van der Waals surface area contributed by atoms with Gasteiger partial charge in [0.1, 0.15) is 0 Å². The summed E-state index contributed by atoms with van der Waals surface area (Å²) in [4.78, 5) is 13.9. The van der Waals surface area contributed by atoms with E-state index in [1.165, 1.54) is 0 Å². The fraction of sp³-hybridized carbons (Fsp3) is 0.500. The largest absolute Gasteiger partial charge is 0.449 e. The predicted octanol–water partition coefficient (Wildman–Crippen LogP) is 7.21. The Kier molecular flexibility index (Phi) is 8.92. The first-order chi connectivity index (χ1) is 16.9. The van der Waals surface area contributed by atoms with E-state index >= 15 is 0 Å². The molecule has 0 aromatic heterocycles. The van der Waals surface area contributed by atoms with E-state index in [4.69, 9.17) is 9.47 Å². The zero-order valence-electron chi connectivity index (χ0n) is 19.9. The van der Waals surface area contributed by atoms with Crippen LogP contribution in [0, 0.1) is 0 Å². The highest BCUT2D eigenvalue weighted by Gasteiger charge is 2.39. The number of hydrogen-bond acceptors (Lipinski definition) is 3. The van der Waals surface area contributed by atoms with Crippen molar-refractivity contribution in [2.75, 3.05) is 26.3 Å². The molecule has 0 atom stereocenters. The van der Waals surface area contributed by atoms with Crippen LogP contribution < -0.4 is 0 Å². The first-order valence-corrected chi connectivity index (χ1v) is 11.8. The summed E-state index contributed by atoms with van der Waals surface area (Å²) in [6, 6.07) is 10.8. The van der Waals surface area contributed by atoms with Crippen molar-refractivity contribution in [3.05, 3.63) is 70.8 Å². The second-order valence-electron chi connectivity index (χ2n) is 9.01. The van der Waals surface area contributed by atoms with Crippen LogP contribution in [0.4, 0.5) is 31.1 Å². The summed E-state index contributed by atoms with van der Waals surface area (Å²) >= 11 is 0. The zero-order chi connectivity index (χ0) is 26.4. The van der Waals surface area contributed by atoms with E-state index in [0.717, 1.165) is 18.4 Å². The lowest BCUT2D eigenvalue weighted by Crippen LogP contribution is -2.47. The minimum absolute atomic E-state index is 0.0767. The van der Waals surface area contributed by atoms with Crippen molar-refractivity contribution in [1.29, 1.82) is 0 Å². The maximum absolute atomic E-state index is 13.2. The lowest BCUT2D eigenvalue weighted by Gasteiger charge is -2.41. The lowest BCUT2D eigenvalue weighted by molar-refractivity contribution is -0.143. The Hall–Kier alpha value is -2.75. The van der Waals surface area contributed by atoms with Crippen LogP contribution in [0.5, 0.6) is 0 Å². The highest BCUT2D eigenvalue weighted by Crippen LogP contribution is 2.38. The highest BCUT2D eigenvalue weighted by atomic mass is 19.4. The van der Waals surface area contributed by atoms with Gasteiger partial charge in [-0.05, 0) is 48.6 Å². The maximum Gasteiger partial charge on any atom is 0.416 e. The summed E-state index contributed by atoms with van der Waals surface area (Å²) < 4.78 is 90.1. The Balaban J connectivity index is 1.73. The number of amides is 1. The molecule has 0 radical (unpaired) electrons. The Morgan fingerprint density at radius 1 is 0.944 bits per heavy atom. The molecule has 0 spiro atoms. The monoisotopic (exact) mass is 517 g/mol. The number of ether oxygens (including phenoxy) is 2. The molecule has 36 heavy (non-hydrogen) atoms.